The average molecular weight is 554 g/mol. The number of hydrogen-bond donors (Lipinski definition) is 4. The molecular weight excluding hydrogens is 534 g/mol. The second-order valence-electron chi connectivity index (χ2n) is 7.77. The van der Waals surface area contributed by atoms with Crippen LogP contribution in [0.15, 0.2) is 65.3 Å². The Morgan fingerprint density at radius 2 is 1.86 bits per heavy atom. The number of rotatable bonds is 9. The van der Waals surface area contributed by atoms with Crippen LogP contribution in [-0.4, -0.2) is 38.7 Å². The fourth-order valence-electron chi connectivity index (χ4n) is 4.08. The molecule has 0 bridgehead atoms. The van der Waals surface area contributed by atoms with Gasteiger partial charge in [-0.2, -0.15) is 0 Å². The normalized spacial score (nSPS) is 11.7. The summed E-state index contributed by atoms with van der Waals surface area (Å²) < 4.78 is 6.10. The third-order valence-corrected chi connectivity index (χ3v) is 6.10. The monoisotopic (exact) mass is 553 g/mol. The molecule has 0 aliphatic rings. The Morgan fingerprint density at radius 3 is 2.47 bits per heavy atom. The lowest BCUT2D eigenvalue weighted by Gasteiger charge is -2.20. The first-order valence-corrected chi connectivity index (χ1v) is 11.5. The number of carbonyl (C=O) groups is 2. The maximum atomic E-state index is 12.7. The number of hydrogen-bond acceptors (Lipinski definition) is 6. The first-order valence-electron chi connectivity index (χ1n) is 10.7. The van der Waals surface area contributed by atoms with Crippen LogP contribution in [0.25, 0.3) is 10.9 Å². The second kappa shape index (κ2) is 10.1. The van der Waals surface area contributed by atoms with Crippen LogP contribution in [0.2, 0.25) is 0 Å². The lowest BCUT2D eigenvalue weighted by Crippen LogP contribution is -2.18. The fourth-order valence-corrected chi connectivity index (χ4v) is 4.44. The van der Waals surface area contributed by atoms with Gasteiger partial charge in [-0.15, -0.1) is 0 Å². The van der Waals surface area contributed by atoms with E-state index in [0.29, 0.717) is 33.4 Å². The molecule has 0 aliphatic heterocycles. The average Bonchev–Trinajstić information content (AvgIpc) is 3.23. The van der Waals surface area contributed by atoms with Crippen LogP contribution in [0.3, 0.4) is 0 Å². The van der Waals surface area contributed by atoms with Crippen molar-refractivity contribution in [1.29, 1.82) is 0 Å². The summed E-state index contributed by atoms with van der Waals surface area (Å²) >= 11 is 3.37. The van der Waals surface area contributed by atoms with E-state index in [1.165, 1.54) is 6.20 Å². The number of ether oxygens (including phenoxy) is 1. The molecule has 4 rings (SSSR count). The minimum absolute atomic E-state index is 0.183. The Balaban J connectivity index is 1.98. The van der Waals surface area contributed by atoms with Gasteiger partial charge in [0.15, 0.2) is 0 Å². The van der Waals surface area contributed by atoms with E-state index in [1.807, 2.05) is 6.92 Å². The molecular formula is C25H20BrN3O7. The highest BCUT2D eigenvalue weighted by Gasteiger charge is 2.36. The quantitative estimate of drug-likeness (QED) is 0.147. The smallest absolute Gasteiger partial charge is 0.337 e. The summed E-state index contributed by atoms with van der Waals surface area (Å²) in [4.78, 5) is 39.1. The highest BCUT2D eigenvalue weighted by molar-refractivity contribution is 9.10. The number of aromatic nitrogens is 1. The number of nitro benzene ring substituents is 1. The molecule has 0 fully saturated rings. The lowest BCUT2D eigenvalue weighted by molar-refractivity contribution is -0.385. The van der Waals surface area contributed by atoms with Gasteiger partial charge in [0.2, 0.25) is 0 Å². The Bertz CT molecular complexity index is 1480. The molecule has 0 saturated heterocycles. The molecule has 1 aromatic heterocycles. The molecule has 36 heavy (non-hydrogen) atoms. The van der Waals surface area contributed by atoms with Crippen molar-refractivity contribution in [3.8, 4) is 5.75 Å². The Morgan fingerprint density at radius 1 is 1.14 bits per heavy atom. The van der Waals surface area contributed by atoms with Crippen LogP contribution in [0.4, 0.5) is 17.1 Å². The number of aromatic carboxylic acids is 1. The van der Waals surface area contributed by atoms with Crippen LogP contribution >= 0.6 is 15.9 Å². The van der Waals surface area contributed by atoms with Crippen LogP contribution in [-0.2, 0) is 4.79 Å². The van der Waals surface area contributed by atoms with Crippen LogP contribution in [0.5, 0.6) is 5.75 Å². The van der Waals surface area contributed by atoms with Gasteiger partial charge in [-0.05, 0) is 61.0 Å². The van der Waals surface area contributed by atoms with Crippen LogP contribution < -0.4 is 10.1 Å². The maximum Gasteiger partial charge on any atom is 0.337 e. The molecule has 10 nitrogen and oxygen atoms in total. The molecule has 4 aromatic rings. The maximum absolute atomic E-state index is 12.7. The number of nitrogens with one attached hydrogen (secondary N) is 2. The van der Waals surface area contributed by atoms with Crippen molar-refractivity contribution < 1.29 is 29.5 Å². The van der Waals surface area contributed by atoms with Gasteiger partial charge in [-0.3, -0.25) is 14.9 Å². The predicted octanol–water partition coefficient (Wildman–Crippen LogP) is 5.90. The van der Waals surface area contributed by atoms with E-state index in [0.717, 1.165) is 12.1 Å². The number of benzene rings is 3. The summed E-state index contributed by atoms with van der Waals surface area (Å²) in [7, 11) is 0. The van der Waals surface area contributed by atoms with Gasteiger partial charge in [-0.25, -0.2) is 4.79 Å². The van der Waals surface area contributed by atoms with Gasteiger partial charge in [-0.1, -0.05) is 15.9 Å². The number of nitro groups is 1. The number of anilines is 2. The molecule has 3 aromatic carbocycles. The summed E-state index contributed by atoms with van der Waals surface area (Å²) in [6, 6.07) is 13.8. The minimum atomic E-state index is -1.56. The molecule has 184 valence electrons. The van der Waals surface area contributed by atoms with Crippen LogP contribution in [0.1, 0.15) is 34.3 Å². The number of aliphatic carboxylic acids is 1. The van der Waals surface area contributed by atoms with Gasteiger partial charge in [0, 0.05) is 33.3 Å². The molecule has 0 amide bonds. The van der Waals surface area contributed by atoms with E-state index in [-0.39, 0.29) is 22.4 Å². The molecule has 1 atom stereocenters. The summed E-state index contributed by atoms with van der Waals surface area (Å²) in [6.45, 7) is 2.28. The van der Waals surface area contributed by atoms with Gasteiger partial charge >= 0.3 is 11.9 Å². The van der Waals surface area contributed by atoms with Gasteiger partial charge in [0.05, 0.1) is 28.3 Å². The van der Waals surface area contributed by atoms with Gasteiger partial charge in [0.25, 0.3) is 5.69 Å². The largest absolute Gasteiger partial charge is 0.494 e. The van der Waals surface area contributed by atoms with E-state index >= 15 is 0 Å². The fraction of sp³-hybridized carbons (Fsp3) is 0.120. The minimum Gasteiger partial charge on any atom is -0.494 e. The van der Waals surface area contributed by atoms with Crippen LogP contribution in [0, 0.1) is 10.1 Å². The molecule has 11 heteroatoms. The first-order chi connectivity index (χ1) is 17.2. The Kier molecular flexibility index (Phi) is 6.93. The summed E-state index contributed by atoms with van der Waals surface area (Å²) in [5.74, 6) is -3.73. The zero-order valence-corrected chi connectivity index (χ0v) is 20.4. The summed E-state index contributed by atoms with van der Waals surface area (Å²) in [6.07, 6.45) is 1.47. The van der Waals surface area contributed by atoms with Gasteiger partial charge < -0.3 is 25.3 Å². The zero-order chi connectivity index (χ0) is 26.0. The number of carboxylic acids is 2. The van der Waals surface area contributed by atoms with Crippen molar-refractivity contribution in [3.05, 3.63) is 92.1 Å². The van der Waals surface area contributed by atoms with E-state index < -0.39 is 28.5 Å². The number of aromatic amines is 1. The van der Waals surface area contributed by atoms with Crippen molar-refractivity contribution in [3.63, 3.8) is 0 Å². The third kappa shape index (κ3) is 4.73. The topological polar surface area (TPSA) is 155 Å². The predicted molar refractivity (Wildman–Crippen MR) is 136 cm³/mol. The van der Waals surface area contributed by atoms with E-state index in [4.69, 9.17) is 4.74 Å². The number of nitrogens with zero attached hydrogens (tertiary/aromatic N) is 1. The van der Waals surface area contributed by atoms with E-state index in [2.05, 4.69) is 26.2 Å². The Hall–Kier alpha value is -4.38. The molecule has 0 saturated carbocycles. The standard InChI is InChI=1S/C25H20BrN3O7/c1-2-36-15-6-4-14(5-7-15)28-23-16(24(30)31)8-10-20(29(34)35)22(23)21(25(32)33)18-12-27-19-9-3-13(26)11-17(18)19/h3-12,21,27-28H,2H2,1H3,(H,30,31)(H,32,33). The zero-order valence-electron chi connectivity index (χ0n) is 18.8. The van der Waals surface area contributed by atoms with Gasteiger partial charge in [0.1, 0.15) is 11.7 Å². The molecule has 0 spiro atoms. The lowest BCUT2D eigenvalue weighted by atomic mass is 9.87. The molecule has 1 heterocycles. The van der Waals surface area contributed by atoms with E-state index in [9.17, 15) is 29.9 Å². The highest BCUT2D eigenvalue weighted by Crippen LogP contribution is 2.43. The Labute approximate surface area is 212 Å². The number of halogens is 1. The van der Waals surface area contributed by atoms with Crippen molar-refractivity contribution >= 4 is 55.8 Å². The number of fused-ring (bicyclic) bond motifs is 1. The SMILES string of the molecule is CCOc1ccc(Nc2c(C(=O)O)ccc([N+](=O)[O-])c2C(C(=O)O)c2c[nH]c3ccc(Br)cc23)cc1. The van der Waals surface area contributed by atoms with Crippen molar-refractivity contribution in [2.45, 2.75) is 12.8 Å². The van der Waals surface area contributed by atoms with Crippen molar-refractivity contribution in [1.82, 2.24) is 4.98 Å². The highest BCUT2D eigenvalue weighted by atomic mass is 79.9. The first kappa shape index (κ1) is 24.7. The number of carboxylic acid groups (broad SMARTS) is 2. The third-order valence-electron chi connectivity index (χ3n) is 5.61. The second-order valence-corrected chi connectivity index (χ2v) is 8.69. The molecule has 0 aliphatic carbocycles. The van der Waals surface area contributed by atoms with Crippen molar-refractivity contribution in [2.24, 2.45) is 0 Å². The number of H-pyrrole nitrogens is 1. The summed E-state index contributed by atoms with van der Waals surface area (Å²) in [5.41, 5.74) is -0.0214. The molecule has 4 N–H and O–H groups in total. The van der Waals surface area contributed by atoms with E-state index in [1.54, 1.807) is 42.5 Å². The molecule has 1 unspecified atom stereocenters. The summed E-state index contributed by atoms with van der Waals surface area (Å²) in [5, 5.41) is 35.7. The van der Waals surface area contributed by atoms with Crippen molar-refractivity contribution in [2.75, 3.05) is 11.9 Å². The molecule has 0 radical (unpaired) electrons.